The first kappa shape index (κ1) is 10.9. The Morgan fingerprint density at radius 2 is 2.06 bits per heavy atom. The molecule has 1 aromatic heterocycles. The molecule has 0 aliphatic carbocycles. The second-order valence-electron chi connectivity index (χ2n) is 3.26. The van der Waals surface area contributed by atoms with Crippen LogP contribution in [0.3, 0.4) is 0 Å². The summed E-state index contributed by atoms with van der Waals surface area (Å²) in [4.78, 5) is 4.26. The van der Waals surface area contributed by atoms with E-state index in [1.54, 1.807) is 11.3 Å². The molecule has 1 heterocycles. The maximum atomic E-state index is 5.37. The Morgan fingerprint density at radius 1 is 1.25 bits per heavy atom. The fourth-order valence-electron chi connectivity index (χ4n) is 1.30. The average Bonchev–Trinajstić information content (AvgIpc) is 2.84. The van der Waals surface area contributed by atoms with Crippen LogP contribution in [0.4, 0.5) is 0 Å². The maximum Gasteiger partial charge on any atom is 0.123 e. The van der Waals surface area contributed by atoms with Gasteiger partial charge in [0.1, 0.15) is 5.01 Å². The number of hydrogen-bond donors (Lipinski definition) is 1. The van der Waals surface area contributed by atoms with Crippen molar-refractivity contribution in [3.8, 4) is 22.4 Å². The highest BCUT2D eigenvalue weighted by molar-refractivity contribution is 7.13. The Kier molecular flexibility index (Phi) is 3.71. The van der Waals surface area contributed by atoms with Crippen molar-refractivity contribution in [3.63, 3.8) is 0 Å². The number of nitrogens with two attached hydrogens (primary N) is 1. The molecule has 0 spiro atoms. The van der Waals surface area contributed by atoms with E-state index in [0.29, 0.717) is 6.54 Å². The molecule has 2 N–H and O–H groups in total. The number of aromatic nitrogens is 1. The van der Waals surface area contributed by atoms with Crippen LogP contribution in [0.1, 0.15) is 12.0 Å². The Bertz CT molecular complexity index is 489. The first-order chi connectivity index (χ1) is 7.90. The van der Waals surface area contributed by atoms with E-state index < -0.39 is 0 Å². The third-order valence-corrected chi connectivity index (χ3v) is 2.89. The summed E-state index contributed by atoms with van der Waals surface area (Å²) >= 11 is 1.64. The number of thiazole rings is 1. The minimum atomic E-state index is 0.615. The molecule has 1 aromatic carbocycles. The fraction of sp³-hybridized carbons (Fsp3) is 0.154. The van der Waals surface area contributed by atoms with Crippen LogP contribution in [-0.4, -0.2) is 11.5 Å². The zero-order valence-electron chi connectivity index (χ0n) is 8.81. The molecule has 3 heteroatoms. The Hall–Kier alpha value is -1.63. The van der Waals surface area contributed by atoms with Gasteiger partial charge < -0.3 is 5.73 Å². The van der Waals surface area contributed by atoms with Gasteiger partial charge in [0.05, 0.1) is 0 Å². The molecular formula is C13H12N2S. The molecule has 16 heavy (non-hydrogen) atoms. The van der Waals surface area contributed by atoms with E-state index in [1.807, 2.05) is 35.8 Å². The lowest BCUT2D eigenvalue weighted by Crippen LogP contribution is -1.95. The SMILES string of the molecule is NCCC#Cc1ccc(-c2nccs2)cc1. The maximum absolute atomic E-state index is 5.37. The summed E-state index contributed by atoms with van der Waals surface area (Å²) in [7, 11) is 0. The van der Waals surface area contributed by atoms with Gasteiger partial charge in [0.25, 0.3) is 0 Å². The Labute approximate surface area is 99.1 Å². The van der Waals surface area contributed by atoms with Crippen molar-refractivity contribution in [2.24, 2.45) is 5.73 Å². The first-order valence-electron chi connectivity index (χ1n) is 5.09. The van der Waals surface area contributed by atoms with Crippen LogP contribution in [0.15, 0.2) is 35.8 Å². The van der Waals surface area contributed by atoms with Crippen molar-refractivity contribution in [2.45, 2.75) is 6.42 Å². The third kappa shape index (κ3) is 2.69. The van der Waals surface area contributed by atoms with E-state index in [0.717, 1.165) is 22.6 Å². The molecule has 0 saturated heterocycles. The lowest BCUT2D eigenvalue weighted by atomic mass is 10.1. The Morgan fingerprint density at radius 3 is 2.69 bits per heavy atom. The first-order valence-corrected chi connectivity index (χ1v) is 5.97. The molecular weight excluding hydrogens is 216 g/mol. The van der Waals surface area contributed by atoms with E-state index in [2.05, 4.69) is 16.8 Å². The van der Waals surface area contributed by atoms with Crippen molar-refractivity contribution >= 4 is 11.3 Å². The summed E-state index contributed by atoms with van der Waals surface area (Å²) in [6.45, 7) is 0.615. The summed E-state index contributed by atoms with van der Waals surface area (Å²) in [6, 6.07) is 8.12. The topological polar surface area (TPSA) is 38.9 Å². The van der Waals surface area contributed by atoms with Gasteiger partial charge in [-0.3, -0.25) is 0 Å². The van der Waals surface area contributed by atoms with Crippen LogP contribution in [0.2, 0.25) is 0 Å². The summed E-state index contributed by atoms with van der Waals surface area (Å²) in [5.74, 6) is 6.09. The number of benzene rings is 1. The van der Waals surface area contributed by atoms with Crippen LogP contribution in [-0.2, 0) is 0 Å². The van der Waals surface area contributed by atoms with E-state index in [1.165, 1.54) is 0 Å². The van der Waals surface area contributed by atoms with E-state index in [9.17, 15) is 0 Å². The molecule has 2 nitrogen and oxygen atoms in total. The molecule has 2 aromatic rings. The molecule has 0 atom stereocenters. The normalized spacial score (nSPS) is 9.56. The van der Waals surface area contributed by atoms with Crippen LogP contribution < -0.4 is 5.73 Å². The Balaban J connectivity index is 2.15. The largest absolute Gasteiger partial charge is 0.330 e. The van der Waals surface area contributed by atoms with Crippen LogP contribution in [0.25, 0.3) is 10.6 Å². The predicted molar refractivity (Wildman–Crippen MR) is 68.1 cm³/mol. The van der Waals surface area contributed by atoms with Crippen LogP contribution in [0.5, 0.6) is 0 Å². The van der Waals surface area contributed by atoms with Gasteiger partial charge in [-0.15, -0.1) is 11.3 Å². The summed E-state index contributed by atoms with van der Waals surface area (Å²) < 4.78 is 0. The highest BCUT2D eigenvalue weighted by atomic mass is 32.1. The van der Waals surface area contributed by atoms with Gasteiger partial charge in [-0.2, -0.15) is 0 Å². The predicted octanol–water partition coefficient (Wildman–Crippen LogP) is 2.51. The number of hydrogen-bond acceptors (Lipinski definition) is 3. The van der Waals surface area contributed by atoms with Crippen molar-refractivity contribution in [3.05, 3.63) is 41.4 Å². The zero-order chi connectivity index (χ0) is 11.2. The standard InChI is InChI=1S/C13H12N2S/c14-8-2-1-3-11-4-6-12(7-5-11)13-15-9-10-16-13/h4-7,9-10H,2,8,14H2. The second kappa shape index (κ2) is 5.45. The lowest BCUT2D eigenvalue weighted by Gasteiger charge is -1.95. The second-order valence-corrected chi connectivity index (χ2v) is 4.15. The van der Waals surface area contributed by atoms with Gasteiger partial charge in [0.15, 0.2) is 0 Å². The minimum Gasteiger partial charge on any atom is -0.330 e. The minimum absolute atomic E-state index is 0.615. The van der Waals surface area contributed by atoms with Gasteiger partial charge in [-0.25, -0.2) is 4.98 Å². The van der Waals surface area contributed by atoms with Gasteiger partial charge in [-0.1, -0.05) is 24.0 Å². The van der Waals surface area contributed by atoms with E-state index >= 15 is 0 Å². The molecule has 0 radical (unpaired) electrons. The van der Waals surface area contributed by atoms with Crippen molar-refractivity contribution in [1.82, 2.24) is 4.98 Å². The van der Waals surface area contributed by atoms with Gasteiger partial charge >= 0.3 is 0 Å². The number of nitrogens with zero attached hydrogens (tertiary/aromatic N) is 1. The zero-order valence-corrected chi connectivity index (χ0v) is 9.63. The molecule has 0 aliphatic heterocycles. The molecule has 0 unspecified atom stereocenters. The van der Waals surface area contributed by atoms with Crippen molar-refractivity contribution < 1.29 is 0 Å². The molecule has 0 bridgehead atoms. The van der Waals surface area contributed by atoms with Gasteiger partial charge in [-0.05, 0) is 12.1 Å². The summed E-state index contributed by atoms with van der Waals surface area (Å²) in [5, 5.41) is 3.02. The molecule has 0 saturated carbocycles. The van der Waals surface area contributed by atoms with E-state index in [-0.39, 0.29) is 0 Å². The van der Waals surface area contributed by atoms with Gasteiger partial charge in [0.2, 0.25) is 0 Å². The molecule has 2 rings (SSSR count). The van der Waals surface area contributed by atoms with Crippen LogP contribution >= 0.6 is 11.3 Å². The highest BCUT2D eigenvalue weighted by Crippen LogP contribution is 2.21. The molecule has 0 aliphatic rings. The monoisotopic (exact) mass is 228 g/mol. The van der Waals surface area contributed by atoms with Gasteiger partial charge in [0, 0.05) is 35.7 Å². The number of rotatable bonds is 2. The quantitative estimate of drug-likeness (QED) is 0.802. The summed E-state index contributed by atoms with van der Waals surface area (Å²) in [5.41, 5.74) is 7.53. The molecule has 80 valence electrons. The smallest absolute Gasteiger partial charge is 0.123 e. The van der Waals surface area contributed by atoms with Crippen molar-refractivity contribution in [1.29, 1.82) is 0 Å². The molecule has 0 fully saturated rings. The molecule has 0 amide bonds. The van der Waals surface area contributed by atoms with Crippen molar-refractivity contribution in [2.75, 3.05) is 6.54 Å². The average molecular weight is 228 g/mol. The van der Waals surface area contributed by atoms with E-state index in [4.69, 9.17) is 5.73 Å². The lowest BCUT2D eigenvalue weighted by molar-refractivity contribution is 1.03. The van der Waals surface area contributed by atoms with Crippen LogP contribution in [0, 0.1) is 11.8 Å². The highest BCUT2D eigenvalue weighted by Gasteiger charge is 1.98. The fourth-order valence-corrected chi connectivity index (χ4v) is 1.94. The third-order valence-electron chi connectivity index (χ3n) is 2.07. The summed E-state index contributed by atoms with van der Waals surface area (Å²) in [6.07, 6.45) is 2.56.